The fourth-order valence-corrected chi connectivity index (χ4v) is 2.28. The molecule has 1 aliphatic rings. The molecule has 0 aromatic heterocycles. The molecule has 0 saturated heterocycles. The summed E-state index contributed by atoms with van der Waals surface area (Å²) >= 11 is 0. The summed E-state index contributed by atoms with van der Waals surface area (Å²) in [5.41, 5.74) is 0. The number of hydrogen-bond acceptors (Lipinski definition) is 0. The lowest BCUT2D eigenvalue weighted by Gasteiger charge is -2.18. The van der Waals surface area contributed by atoms with Gasteiger partial charge in [-0.3, -0.25) is 0 Å². The highest BCUT2D eigenvalue weighted by Gasteiger charge is 2.10. The zero-order valence-corrected chi connectivity index (χ0v) is 8.97. The van der Waals surface area contributed by atoms with E-state index in [0.29, 0.717) is 5.82 Å². The average molecular weight is 175 g/mol. The lowest BCUT2D eigenvalue weighted by molar-refractivity contribution is 0.414. The standard InChI is InChI=1S/C11H21B2/c1-10-6-2-4-8-11(13-12)9-5-3-7-10/h10-11H,2-9H2,1H3. The van der Waals surface area contributed by atoms with Crippen LogP contribution in [0.15, 0.2) is 0 Å². The van der Waals surface area contributed by atoms with Gasteiger partial charge in [-0.2, -0.15) is 0 Å². The fraction of sp³-hybridized carbons (Fsp3) is 1.00. The molecule has 1 saturated carbocycles. The van der Waals surface area contributed by atoms with Crippen molar-refractivity contribution in [1.82, 2.24) is 0 Å². The third-order valence-corrected chi connectivity index (χ3v) is 3.32. The molecule has 0 N–H and O–H groups in total. The molecular weight excluding hydrogens is 154 g/mol. The minimum Gasteiger partial charge on any atom is -0.0782 e. The molecule has 0 aromatic rings. The van der Waals surface area contributed by atoms with Crippen LogP contribution in [0.4, 0.5) is 0 Å². The van der Waals surface area contributed by atoms with E-state index in [4.69, 9.17) is 7.74 Å². The fourth-order valence-electron chi connectivity index (χ4n) is 2.28. The average Bonchev–Trinajstić information content (AvgIpc) is 2.16. The van der Waals surface area contributed by atoms with Gasteiger partial charge in [-0.25, -0.2) is 0 Å². The summed E-state index contributed by atoms with van der Waals surface area (Å²) in [7, 11) is 7.54. The van der Waals surface area contributed by atoms with E-state index in [9.17, 15) is 0 Å². The number of hydrogen-bond donors (Lipinski definition) is 0. The predicted octanol–water partition coefficient (Wildman–Crippen LogP) is 3.33. The van der Waals surface area contributed by atoms with Crippen LogP contribution in [0.5, 0.6) is 0 Å². The van der Waals surface area contributed by atoms with Crippen LogP contribution >= 0.6 is 0 Å². The summed E-state index contributed by atoms with van der Waals surface area (Å²) in [4.78, 5) is 0. The summed E-state index contributed by atoms with van der Waals surface area (Å²) in [6.07, 6.45) is 11.1. The van der Waals surface area contributed by atoms with Crippen LogP contribution < -0.4 is 0 Å². The Balaban J connectivity index is 2.24. The molecule has 0 atom stereocenters. The van der Waals surface area contributed by atoms with Crippen LogP contribution in [-0.2, 0) is 0 Å². The molecule has 0 aliphatic heterocycles. The molecule has 0 aromatic carbocycles. The van der Waals surface area contributed by atoms with Crippen molar-refractivity contribution >= 4 is 14.9 Å². The molecular formula is C11H21B2. The van der Waals surface area contributed by atoms with Gasteiger partial charge in [-0.05, 0) is 5.92 Å². The van der Waals surface area contributed by atoms with Gasteiger partial charge in [-0.1, -0.05) is 64.1 Å². The maximum atomic E-state index is 5.62. The maximum Gasteiger partial charge on any atom is 0.0587 e. The molecule has 3 radical (unpaired) electrons. The van der Waals surface area contributed by atoms with Gasteiger partial charge in [0, 0.05) is 7.74 Å². The lowest BCUT2D eigenvalue weighted by Crippen LogP contribution is -2.06. The van der Waals surface area contributed by atoms with E-state index in [1.807, 2.05) is 7.17 Å². The maximum absolute atomic E-state index is 5.62. The van der Waals surface area contributed by atoms with Crippen molar-refractivity contribution in [3.63, 3.8) is 0 Å². The van der Waals surface area contributed by atoms with E-state index in [2.05, 4.69) is 6.92 Å². The zero-order chi connectivity index (χ0) is 9.52. The molecule has 1 rings (SSSR count). The van der Waals surface area contributed by atoms with Crippen LogP contribution in [0.1, 0.15) is 58.3 Å². The first-order chi connectivity index (χ1) is 6.33. The van der Waals surface area contributed by atoms with Crippen LogP contribution in [0, 0.1) is 5.92 Å². The quantitative estimate of drug-likeness (QED) is 0.536. The molecule has 0 amide bonds. The first-order valence-electron chi connectivity index (χ1n) is 5.88. The Morgan fingerprint density at radius 2 is 1.38 bits per heavy atom. The molecule has 71 valence electrons. The summed E-state index contributed by atoms with van der Waals surface area (Å²) < 4.78 is 0. The highest BCUT2D eigenvalue weighted by molar-refractivity contribution is 6.90. The zero-order valence-electron chi connectivity index (χ0n) is 8.97. The highest BCUT2D eigenvalue weighted by Crippen LogP contribution is 2.26. The molecule has 13 heavy (non-hydrogen) atoms. The first-order valence-corrected chi connectivity index (χ1v) is 5.88. The van der Waals surface area contributed by atoms with Gasteiger partial charge in [0.2, 0.25) is 0 Å². The van der Waals surface area contributed by atoms with Gasteiger partial charge in [0.15, 0.2) is 0 Å². The van der Waals surface area contributed by atoms with Crippen LogP contribution in [0.3, 0.4) is 0 Å². The first kappa shape index (κ1) is 11.2. The molecule has 2 heteroatoms. The smallest absolute Gasteiger partial charge is 0.0587 e. The highest BCUT2D eigenvalue weighted by atomic mass is 14.1. The number of rotatable bonds is 1. The predicted molar refractivity (Wildman–Crippen MR) is 61.4 cm³/mol. The van der Waals surface area contributed by atoms with E-state index < -0.39 is 0 Å². The van der Waals surface area contributed by atoms with Crippen LogP contribution in [0.2, 0.25) is 5.82 Å². The van der Waals surface area contributed by atoms with Crippen molar-refractivity contribution < 1.29 is 0 Å². The molecule has 1 aliphatic carbocycles. The monoisotopic (exact) mass is 175 g/mol. The topological polar surface area (TPSA) is 0 Å². The Bertz CT molecular complexity index is 113. The van der Waals surface area contributed by atoms with Crippen molar-refractivity contribution in [2.75, 3.05) is 0 Å². The van der Waals surface area contributed by atoms with Crippen molar-refractivity contribution in [1.29, 1.82) is 0 Å². The van der Waals surface area contributed by atoms with Crippen molar-refractivity contribution in [3.8, 4) is 0 Å². The van der Waals surface area contributed by atoms with Crippen molar-refractivity contribution in [2.24, 2.45) is 5.92 Å². The van der Waals surface area contributed by atoms with Gasteiger partial charge in [-0.15, -0.1) is 0 Å². The van der Waals surface area contributed by atoms with E-state index in [1.165, 1.54) is 51.4 Å². The van der Waals surface area contributed by atoms with Gasteiger partial charge >= 0.3 is 0 Å². The van der Waals surface area contributed by atoms with Gasteiger partial charge in [0.1, 0.15) is 0 Å². The minimum atomic E-state index is 0.702. The van der Waals surface area contributed by atoms with E-state index in [-0.39, 0.29) is 0 Å². The Kier molecular flexibility index (Phi) is 5.66. The van der Waals surface area contributed by atoms with Gasteiger partial charge < -0.3 is 0 Å². The SMILES string of the molecule is [B][B]C1CCCCC(C)CCCC1. The molecule has 0 nitrogen and oxygen atoms in total. The van der Waals surface area contributed by atoms with E-state index in [0.717, 1.165) is 5.92 Å². The van der Waals surface area contributed by atoms with Gasteiger partial charge in [0.05, 0.1) is 7.17 Å². The Morgan fingerprint density at radius 1 is 0.923 bits per heavy atom. The molecule has 0 bridgehead atoms. The van der Waals surface area contributed by atoms with Gasteiger partial charge in [0.25, 0.3) is 0 Å². The normalized spacial score (nSPS) is 32.4. The molecule has 1 fully saturated rings. The molecule has 0 heterocycles. The van der Waals surface area contributed by atoms with Crippen molar-refractivity contribution in [3.05, 3.63) is 0 Å². The second-order valence-electron chi connectivity index (χ2n) is 4.63. The Hall–Kier alpha value is 0.130. The van der Waals surface area contributed by atoms with E-state index >= 15 is 0 Å². The largest absolute Gasteiger partial charge is 0.0782 e. The second kappa shape index (κ2) is 6.56. The van der Waals surface area contributed by atoms with Crippen LogP contribution in [-0.4, -0.2) is 14.9 Å². The molecule has 0 spiro atoms. The summed E-state index contributed by atoms with van der Waals surface area (Å²) in [6.45, 7) is 2.40. The third kappa shape index (κ3) is 4.78. The Morgan fingerprint density at radius 3 is 1.85 bits per heavy atom. The third-order valence-electron chi connectivity index (χ3n) is 3.32. The van der Waals surface area contributed by atoms with Crippen molar-refractivity contribution in [2.45, 2.75) is 64.1 Å². The minimum absolute atomic E-state index is 0.702. The Labute approximate surface area is 85.5 Å². The molecule has 0 unspecified atom stereocenters. The van der Waals surface area contributed by atoms with Crippen LogP contribution in [0.25, 0.3) is 0 Å². The van der Waals surface area contributed by atoms with E-state index in [1.54, 1.807) is 0 Å². The summed E-state index contributed by atoms with van der Waals surface area (Å²) in [5, 5.41) is 0. The summed E-state index contributed by atoms with van der Waals surface area (Å²) in [5.74, 6) is 1.66. The second-order valence-corrected chi connectivity index (χ2v) is 4.63. The summed E-state index contributed by atoms with van der Waals surface area (Å²) in [6, 6.07) is 0. The lowest BCUT2D eigenvalue weighted by atomic mass is 9.45.